The molecular formula is C11H12N2O3S2. The maximum Gasteiger partial charge on any atom is 0.285 e. The number of amides is 1. The third-order valence-corrected chi connectivity index (χ3v) is 5.89. The van der Waals surface area contributed by atoms with E-state index in [1.165, 1.54) is 12.3 Å². The molecule has 1 aromatic rings. The molecule has 96 valence electrons. The highest BCUT2D eigenvalue weighted by Crippen LogP contribution is 2.48. The zero-order valence-electron chi connectivity index (χ0n) is 9.54. The molecule has 7 heteroatoms. The number of aromatic nitrogens is 1. The Kier molecular flexibility index (Phi) is 2.47. The Hall–Kier alpha value is -1.08. The van der Waals surface area contributed by atoms with Crippen LogP contribution in [0.25, 0.3) is 0 Å². The fraction of sp³-hybridized carbons (Fsp3) is 0.455. The highest BCUT2D eigenvalue weighted by atomic mass is 32.2. The minimum Gasteiger partial charge on any atom is -0.268 e. The number of sulfonamides is 1. The van der Waals surface area contributed by atoms with Gasteiger partial charge in [0, 0.05) is 12.7 Å². The Morgan fingerprint density at radius 1 is 1.44 bits per heavy atom. The number of pyridine rings is 1. The molecule has 0 aromatic carbocycles. The Balaban J connectivity index is 2.02. The molecule has 5 nitrogen and oxygen atoms in total. The van der Waals surface area contributed by atoms with Crippen molar-refractivity contribution in [1.29, 1.82) is 0 Å². The van der Waals surface area contributed by atoms with Crippen LogP contribution in [-0.2, 0) is 10.0 Å². The lowest BCUT2D eigenvalue weighted by atomic mass is 10.1. The van der Waals surface area contributed by atoms with Crippen molar-refractivity contribution in [2.24, 2.45) is 5.41 Å². The summed E-state index contributed by atoms with van der Waals surface area (Å²) in [4.78, 5) is 15.9. The molecule has 1 fully saturated rings. The molecular weight excluding hydrogens is 272 g/mol. The smallest absolute Gasteiger partial charge is 0.268 e. The van der Waals surface area contributed by atoms with Gasteiger partial charge in [-0.2, -0.15) is 21.0 Å². The monoisotopic (exact) mass is 284 g/mol. The highest BCUT2D eigenvalue weighted by Gasteiger charge is 2.50. The molecule has 0 bridgehead atoms. The molecule has 1 aliphatic heterocycles. The molecule has 1 aromatic heterocycles. The largest absolute Gasteiger partial charge is 0.285 e. The number of hydrogen-bond acceptors (Lipinski definition) is 5. The van der Waals surface area contributed by atoms with Crippen molar-refractivity contribution < 1.29 is 13.2 Å². The van der Waals surface area contributed by atoms with Crippen LogP contribution >= 0.6 is 12.6 Å². The van der Waals surface area contributed by atoms with Crippen molar-refractivity contribution in [3.05, 3.63) is 23.9 Å². The minimum atomic E-state index is -3.76. The van der Waals surface area contributed by atoms with Crippen LogP contribution < -0.4 is 0 Å². The lowest BCUT2D eigenvalue weighted by Crippen LogP contribution is -2.36. The van der Waals surface area contributed by atoms with E-state index in [1.807, 2.05) is 0 Å². The molecule has 1 amide bonds. The van der Waals surface area contributed by atoms with E-state index in [9.17, 15) is 13.2 Å². The van der Waals surface area contributed by atoms with Gasteiger partial charge in [-0.15, -0.1) is 0 Å². The summed E-state index contributed by atoms with van der Waals surface area (Å²) >= 11 is 4.24. The number of carbonyl (C=O) groups excluding carboxylic acids is 1. The first-order valence-electron chi connectivity index (χ1n) is 5.63. The van der Waals surface area contributed by atoms with Gasteiger partial charge in [-0.3, -0.25) is 4.79 Å². The standard InChI is InChI=1S/C11H12N2O3S2/c14-10-8-2-1-5-12-9(8)18(15,16)13(10)6-11(7-17)3-4-11/h1-2,5,17H,3-4,6-7H2. The molecule has 0 N–H and O–H groups in total. The molecule has 0 unspecified atom stereocenters. The fourth-order valence-corrected chi connectivity index (χ4v) is 4.12. The lowest BCUT2D eigenvalue weighted by molar-refractivity contribution is 0.0855. The van der Waals surface area contributed by atoms with E-state index in [1.54, 1.807) is 6.07 Å². The number of carbonyl (C=O) groups is 1. The maximum absolute atomic E-state index is 12.2. The Labute approximate surface area is 111 Å². The van der Waals surface area contributed by atoms with Crippen molar-refractivity contribution in [3.8, 4) is 0 Å². The van der Waals surface area contributed by atoms with Gasteiger partial charge in [0.1, 0.15) is 0 Å². The number of hydrogen-bond donors (Lipinski definition) is 1. The lowest BCUT2D eigenvalue weighted by Gasteiger charge is -2.20. The van der Waals surface area contributed by atoms with Gasteiger partial charge in [-0.05, 0) is 36.1 Å². The van der Waals surface area contributed by atoms with Gasteiger partial charge < -0.3 is 0 Å². The summed E-state index contributed by atoms with van der Waals surface area (Å²) in [6, 6.07) is 3.07. The van der Waals surface area contributed by atoms with Crippen LogP contribution in [0, 0.1) is 5.41 Å². The van der Waals surface area contributed by atoms with E-state index < -0.39 is 15.9 Å². The van der Waals surface area contributed by atoms with E-state index in [0.29, 0.717) is 5.75 Å². The molecule has 1 aliphatic carbocycles. The third-order valence-electron chi connectivity index (χ3n) is 3.53. The van der Waals surface area contributed by atoms with Crippen molar-refractivity contribution >= 4 is 28.6 Å². The fourth-order valence-electron chi connectivity index (χ4n) is 2.11. The third kappa shape index (κ3) is 1.57. The van der Waals surface area contributed by atoms with Gasteiger partial charge in [0.25, 0.3) is 15.9 Å². The first-order chi connectivity index (χ1) is 8.50. The summed E-state index contributed by atoms with van der Waals surface area (Å²) in [6.07, 6.45) is 3.22. The summed E-state index contributed by atoms with van der Waals surface area (Å²) < 4.78 is 25.4. The number of thiol groups is 1. The topological polar surface area (TPSA) is 67.3 Å². The molecule has 18 heavy (non-hydrogen) atoms. The van der Waals surface area contributed by atoms with Crippen LogP contribution in [-0.4, -0.2) is 35.9 Å². The van der Waals surface area contributed by atoms with Gasteiger partial charge in [-0.1, -0.05) is 0 Å². The van der Waals surface area contributed by atoms with Crippen molar-refractivity contribution in [2.45, 2.75) is 17.9 Å². The average molecular weight is 284 g/mol. The van der Waals surface area contributed by atoms with Crippen LogP contribution in [0.15, 0.2) is 23.4 Å². The van der Waals surface area contributed by atoms with Gasteiger partial charge in [0.15, 0.2) is 5.03 Å². The molecule has 2 heterocycles. The van der Waals surface area contributed by atoms with Crippen LogP contribution in [0.3, 0.4) is 0 Å². The van der Waals surface area contributed by atoms with Crippen LogP contribution in [0.4, 0.5) is 0 Å². The van der Waals surface area contributed by atoms with Crippen LogP contribution in [0.5, 0.6) is 0 Å². The molecule has 3 rings (SSSR count). The quantitative estimate of drug-likeness (QED) is 0.839. The Bertz CT molecular complexity index is 623. The number of rotatable bonds is 3. The highest BCUT2D eigenvalue weighted by molar-refractivity contribution is 7.90. The van der Waals surface area contributed by atoms with E-state index in [4.69, 9.17) is 0 Å². The molecule has 1 saturated carbocycles. The summed E-state index contributed by atoms with van der Waals surface area (Å²) in [5.41, 5.74) is 0.0425. The zero-order valence-corrected chi connectivity index (χ0v) is 11.2. The van der Waals surface area contributed by atoms with Crippen LogP contribution in [0.2, 0.25) is 0 Å². The van der Waals surface area contributed by atoms with Crippen molar-refractivity contribution in [3.63, 3.8) is 0 Å². The van der Waals surface area contributed by atoms with Gasteiger partial charge in [0.05, 0.1) is 5.56 Å². The van der Waals surface area contributed by atoms with Crippen molar-refractivity contribution in [1.82, 2.24) is 9.29 Å². The number of fused-ring (bicyclic) bond motifs is 1. The molecule has 0 saturated heterocycles. The molecule has 2 aliphatic rings. The predicted octanol–water partition coefficient (Wildman–Crippen LogP) is 0.936. The van der Waals surface area contributed by atoms with E-state index in [-0.39, 0.29) is 22.5 Å². The van der Waals surface area contributed by atoms with E-state index in [2.05, 4.69) is 17.6 Å². The molecule has 0 spiro atoms. The Morgan fingerprint density at radius 2 is 2.17 bits per heavy atom. The van der Waals surface area contributed by atoms with Crippen LogP contribution in [0.1, 0.15) is 23.2 Å². The minimum absolute atomic E-state index is 0.120. The SMILES string of the molecule is O=C1c2cccnc2S(=O)(=O)N1CC1(CS)CC1. The Morgan fingerprint density at radius 3 is 2.72 bits per heavy atom. The number of nitrogens with zero attached hydrogens (tertiary/aromatic N) is 2. The van der Waals surface area contributed by atoms with E-state index in [0.717, 1.165) is 17.1 Å². The second-order valence-electron chi connectivity index (χ2n) is 4.83. The zero-order chi connectivity index (χ0) is 13.0. The van der Waals surface area contributed by atoms with Crippen molar-refractivity contribution in [2.75, 3.05) is 12.3 Å². The summed E-state index contributed by atoms with van der Waals surface area (Å²) in [6.45, 7) is 0.216. The van der Waals surface area contributed by atoms with Gasteiger partial charge >= 0.3 is 0 Å². The first-order valence-corrected chi connectivity index (χ1v) is 7.70. The summed E-state index contributed by atoms with van der Waals surface area (Å²) in [7, 11) is -3.76. The van der Waals surface area contributed by atoms with Gasteiger partial charge in [0.2, 0.25) is 0 Å². The average Bonchev–Trinajstić information content (AvgIpc) is 3.12. The summed E-state index contributed by atoms with van der Waals surface area (Å²) in [5.74, 6) is 0.127. The molecule has 0 radical (unpaired) electrons. The van der Waals surface area contributed by atoms with E-state index >= 15 is 0 Å². The predicted molar refractivity (Wildman–Crippen MR) is 68.0 cm³/mol. The maximum atomic E-state index is 12.2. The van der Waals surface area contributed by atoms with Gasteiger partial charge in [-0.25, -0.2) is 9.29 Å². The first kappa shape index (κ1) is 12.0. The normalized spacial score (nSPS) is 22.9. The summed E-state index contributed by atoms with van der Waals surface area (Å²) in [5, 5.41) is -0.120. The molecule has 0 atom stereocenters. The second-order valence-corrected chi connectivity index (χ2v) is 6.92. The second kappa shape index (κ2) is 3.71.